The van der Waals surface area contributed by atoms with Gasteiger partial charge in [0.25, 0.3) is 5.95 Å². The topological polar surface area (TPSA) is 71.8 Å². The minimum absolute atomic E-state index is 0.109. The summed E-state index contributed by atoms with van der Waals surface area (Å²) < 4.78 is 1.80. The van der Waals surface area contributed by atoms with Crippen LogP contribution in [0, 0.1) is 0 Å². The van der Waals surface area contributed by atoms with Crippen LogP contribution in [-0.4, -0.2) is 20.7 Å². The molecule has 1 aromatic heterocycles. The van der Waals surface area contributed by atoms with Gasteiger partial charge in [-0.1, -0.05) is 67.6 Å². The molecule has 0 radical (unpaired) electrons. The van der Waals surface area contributed by atoms with Crippen molar-refractivity contribution in [2.45, 2.75) is 19.4 Å². The SMILES string of the molecule is CCC(=O)Nc1nc2n(n1)[C@@H](c1ccccc1)C=C(c1ccccc1)N2. The van der Waals surface area contributed by atoms with Crippen molar-refractivity contribution >= 4 is 23.5 Å². The summed E-state index contributed by atoms with van der Waals surface area (Å²) in [7, 11) is 0. The molecule has 6 nitrogen and oxygen atoms in total. The van der Waals surface area contributed by atoms with E-state index in [0.29, 0.717) is 18.3 Å². The Hall–Kier alpha value is -3.41. The number of carbonyl (C=O) groups is 1. The van der Waals surface area contributed by atoms with Gasteiger partial charge in [-0.15, -0.1) is 5.10 Å². The summed E-state index contributed by atoms with van der Waals surface area (Å²) in [5.41, 5.74) is 3.14. The fraction of sp³-hybridized carbons (Fsp3) is 0.150. The van der Waals surface area contributed by atoms with Crippen LogP contribution in [0.3, 0.4) is 0 Å². The lowest BCUT2D eigenvalue weighted by Gasteiger charge is -2.24. The van der Waals surface area contributed by atoms with Crippen molar-refractivity contribution < 1.29 is 4.79 Å². The Labute approximate surface area is 151 Å². The van der Waals surface area contributed by atoms with Gasteiger partial charge in [-0.05, 0) is 17.2 Å². The largest absolute Gasteiger partial charge is 0.324 e. The highest BCUT2D eigenvalue weighted by molar-refractivity contribution is 5.89. The minimum Gasteiger partial charge on any atom is -0.324 e. The first-order valence-corrected chi connectivity index (χ1v) is 8.60. The minimum atomic E-state index is -0.111. The number of nitrogens with one attached hydrogen (secondary N) is 2. The van der Waals surface area contributed by atoms with E-state index in [1.165, 1.54) is 0 Å². The number of hydrogen-bond donors (Lipinski definition) is 2. The Kier molecular flexibility index (Phi) is 4.23. The van der Waals surface area contributed by atoms with E-state index in [1.54, 1.807) is 11.6 Å². The number of rotatable bonds is 4. The maximum atomic E-state index is 11.7. The molecule has 0 saturated heterocycles. The molecule has 0 aliphatic carbocycles. The van der Waals surface area contributed by atoms with Crippen molar-refractivity contribution in [3.8, 4) is 0 Å². The maximum Gasteiger partial charge on any atom is 0.250 e. The molecule has 1 amide bonds. The van der Waals surface area contributed by atoms with Crippen molar-refractivity contribution in [3.05, 3.63) is 77.9 Å². The Bertz CT molecular complexity index is 947. The Morgan fingerprint density at radius 1 is 1.12 bits per heavy atom. The normalized spacial score (nSPS) is 15.6. The fourth-order valence-corrected chi connectivity index (χ4v) is 2.93. The molecule has 0 bridgehead atoms. The van der Waals surface area contributed by atoms with Crippen LogP contribution in [0.1, 0.15) is 30.5 Å². The van der Waals surface area contributed by atoms with E-state index >= 15 is 0 Å². The highest BCUT2D eigenvalue weighted by Gasteiger charge is 2.25. The smallest absolute Gasteiger partial charge is 0.250 e. The quantitative estimate of drug-likeness (QED) is 0.756. The Morgan fingerprint density at radius 3 is 2.50 bits per heavy atom. The summed E-state index contributed by atoms with van der Waals surface area (Å²) in [4.78, 5) is 16.2. The van der Waals surface area contributed by atoms with Gasteiger partial charge in [-0.25, -0.2) is 4.68 Å². The summed E-state index contributed by atoms with van der Waals surface area (Å²) in [6.45, 7) is 1.80. The third-order valence-electron chi connectivity index (χ3n) is 4.26. The Balaban J connectivity index is 1.77. The van der Waals surface area contributed by atoms with Crippen molar-refractivity contribution in [1.29, 1.82) is 0 Å². The van der Waals surface area contributed by atoms with Gasteiger partial charge in [0.2, 0.25) is 11.9 Å². The molecule has 0 fully saturated rings. The Morgan fingerprint density at radius 2 is 1.81 bits per heavy atom. The molecule has 130 valence electrons. The molecule has 0 unspecified atom stereocenters. The fourth-order valence-electron chi connectivity index (χ4n) is 2.93. The van der Waals surface area contributed by atoms with Gasteiger partial charge < -0.3 is 5.32 Å². The molecule has 3 aromatic rings. The van der Waals surface area contributed by atoms with E-state index in [0.717, 1.165) is 16.8 Å². The molecular weight excluding hydrogens is 326 g/mol. The molecule has 0 saturated carbocycles. The lowest BCUT2D eigenvalue weighted by atomic mass is 10.0. The molecule has 1 atom stereocenters. The molecule has 2 heterocycles. The van der Waals surface area contributed by atoms with E-state index in [4.69, 9.17) is 0 Å². The van der Waals surface area contributed by atoms with Gasteiger partial charge in [0, 0.05) is 12.1 Å². The lowest BCUT2D eigenvalue weighted by molar-refractivity contribution is -0.115. The number of nitrogens with zero attached hydrogens (tertiary/aromatic N) is 3. The molecule has 26 heavy (non-hydrogen) atoms. The third-order valence-corrected chi connectivity index (χ3v) is 4.26. The standard InChI is InChI=1S/C20H19N5O/c1-2-18(26)22-19-23-20-21-16(14-9-5-3-6-10-14)13-17(25(20)24-19)15-11-7-4-8-12-15/h3-13,17H,2H2,1H3,(H2,21,22,23,24,26)/t17-/m1/s1. The number of fused-ring (bicyclic) bond motifs is 1. The van der Waals surface area contributed by atoms with E-state index in [-0.39, 0.29) is 11.9 Å². The van der Waals surface area contributed by atoms with Crippen LogP contribution in [0.25, 0.3) is 5.70 Å². The number of hydrogen-bond acceptors (Lipinski definition) is 4. The summed E-state index contributed by atoms with van der Waals surface area (Å²) in [6.07, 6.45) is 2.50. The molecule has 2 aromatic carbocycles. The van der Waals surface area contributed by atoms with Crippen LogP contribution in [0.15, 0.2) is 66.7 Å². The van der Waals surface area contributed by atoms with Gasteiger partial charge in [-0.3, -0.25) is 10.1 Å². The predicted octanol–water partition coefficient (Wildman–Crippen LogP) is 3.68. The maximum absolute atomic E-state index is 11.7. The van der Waals surface area contributed by atoms with E-state index in [2.05, 4.69) is 38.9 Å². The number of benzene rings is 2. The molecular formula is C20H19N5O. The molecule has 1 aliphatic heterocycles. The van der Waals surface area contributed by atoms with Crippen LogP contribution in [-0.2, 0) is 4.79 Å². The second-order valence-electron chi connectivity index (χ2n) is 6.03. The van der Waals surface area contributed by atoms with Crippen molar-refractivity contribution in [1.82, 2.24) is 14.8 Å². The third kappa shape index (κ3) is 3.09. The number of aromatic nitrogens is 3. The van der Waals surface area contributed by atoms with Gasteiger partial charge in [-0.2, -0.15) is 4.98 Å². The number of anilines is 2. The molecule has 4 rings (SSSR count). The monoisotopic (exact) mass is 345 g/mol. The van der Waals surface area contributed by atoms with Crippen molar-refractivity contribution in [3.63, 3.8) is 0 Å². The summed E-state index contributed by atoms with van der Waals surface area (Å²) in [5, 5.41) is 10.5. The van der Waals surface area contributed by atoms with Gasteiger partial charge in [0.15, 0.2) is 0 Å². The molecule has 2 N–H and O–H groups in total. The van der Waals surface area contributed by atoms with Gasteiger partial charge in [0.05, 0.1) is 0 Å². The van der Waals surface area contributed by atoms with Gasteiger partial charge >= 0.3 is 0 Å². The van der Waals surface area contributed by atoms with Crippen LogP contribution >= 0.6 is 0 Å². The molecule has 0 spiro atoms. The lowest BCUT2D eigenvalue weighted by Crippen LogP contribution is -2.20. The summed E-state index contributed by atoms with van der Waals surface area (Å²) >= 11 is 0. The number of allylic oxidation sites excluding steroid dienone is 1. The zero-order chi connectivity index (χ0) is 17.9. The van der Waals surface area contributed by atoms with E-state index in [1.807, 2.05) is 48.5 Å². The zero-order valence-corrected chi connectivity index (χ0v) is 14.4. The second-order valence-corrected chi connectivity index (χ2v) is 6.03. The number of amides is 1. The summed E-state index contributed by atoms with van der Waals surface area (Å²) in [5.74, 6) is 0.801. The highest BCUT2D eigenvalue weighted by Crippen LogP contribution is 2.32. The zero-order valence-electron chi connectivity index (χ0n) is 14.4. The average molecular weight is 345 g/mol. The predicted molar refractivity (Wildman–Crippen MR) is 102 cm³/mol. The van der Waals surface area contributed by atoms with E-state index < -0.39 is 0 Å². The van der Waals surface area contributed by atoms with Crippen molar-refractivity contribution in [2.75, 3.05) is 10.6 Å². The first-order valence-electron chi connectivity index (χ1n) is 8.60. The average Bonchev–Trinajstić information content (AvgIpc) is 3.10. The van der Waals surface area contributed by atoms with E-state index in [9.17, 15) is 4.79 Å². The van der Waals surface area contributed by atoms with Crippen LogP contribution in [0.5, 0.6) is 0 Å². The number of carbonyl (C=O) groups excluding carboxylic acids is 1. The first-order chi connectivity index (χ1) is 12.7. The first kappa shape index (κ1) is 16.1. The summed E-state index contributed by atoms with van der Waals surface area (Å²) in [6, 6.07) is 20.1. The van der Waals surface area contributed by atoms with Crippen molar-refractivity contribution in [2.24, 2.45) is 0 Å². The van der Waals surface area contributed by atoms with Crippen LogP contribution < -0.4 is 10.6 Å². The second kappa shape index (κ2) is 6.84. The van der Waals surface area contributed by atoms with Gasteiger partial charge in [0.1, 0.15) is 6.04 Å². The molecule has 1 aliphatic rings. The molecule has 6 heteroatoms. The van der Waals surface area contributed by atoms with Crippen LogP contribution in [0.2, 0.25) is 0 Å². The highest BCUT2D eigenvalue weighted by atomic mass is 16.1. The van der Waals surface area contributed by atoms with Crippen LogP contribution in [0.4, 0.5) is 11.9 Å².